The van der Waals surface area contributed by atoms with E-state index in [1.165, 1.54) is 12.7 Å². The molecule has 5 heteroatoms. The van der Waals surface area contributed by atoms with Gasteiger partial charge in [0, 0.05) is 24.1 Å². The number of benzene rings is 1. The van der Waals surface area contributed by atoms with Crippen LogP contribution in [0.4, 0.5) is 0 Å². The van der Waals surface area contributed by atoms with Gasteiger partial charge in [-0.1, -0.05) is 28.1 Å². The van der Waals surface area contributed by atoms with Gasteiger partial charge in [0.25, 0.3) is 0 Å². The number of methoxy groups -OCH3 is 1. The molecule has 0 amide bonds. The SMILES string of the molecule is COC(=O)C[C@H]1CN(Cc2ccc(Br)cc2)CCO1. The van der Waals surface area contributed by atoms with E-state index in [4.69, 9.17) is 4.74 Å². The molecule has 1 atom stereocenters. The summed E-state index contributed by atoms with van der Waals surface area (Å²) < 4.78 is 11.3. The Morgan fingerprint density at radius 2 is 2.21 bits per heavy atom. The normalized spacial score (nSPS) is 20.2. The summed E-state index contributed by atoms with van der Waals surface area (Å²) in [7, 11) is 1.41. The highest BCUT2D eigenvalue weighted by Crippen LogP contribution is 2.15. The molecule has 1 saturated heterocycles. The highest BCUT2D eigenvalue weighted by Gasteiger charge is 2.23. The van der Waals surface area contributed by atoms with Crippen LogP contribution in [-0.2, 0) is 20.8 Å². The van der Waals surface area contributed by atoms with E-state index in [2.05, 4.69) is 37.7 Å². The largest absolute Gasteiger partial charge is 0.469 e. The van der Waals surface area contributed by atoms with Crippen molar-refractivity contribution in [3.8, 4) is 0 Å². The van der Waals surface area contributed by atoms with Crippen molar-refractivity contribution in [2.75, 3.05) is 26.8 Å². The molecule has 0 radical (unpaired) electrons. The minimum atomic E-state index is -0.213. The molecule has 1 aromatic rings. The summed E-state index contributed by atoms with van der Waals surface area (Å²) in [6.07, 6.45) is 0.268. The predicted molar refractivity (Wildman–Crippen MR) is 75.8 cm³/mol. The number of carbonyl (C=O) groups excluding carboxylic acids is 1. The molecule has 19 heavy (non-hydrogen) atoms. The van der Waals surface area contributed by atoms with Crippen LogP contribution in [0, 0.1) is 0 Å². The molecular formula is C14H18BrNO3. The van der Waals surface area contributed by atoms with Crippen LogP contribution in [0.3, 0.4) is 0 Å². The number of esters is 1. The fraction of sp³-hybridized carbons (Fsp3) is 0.500. The van der Waals surface area contributed by atoms with Gasteiger partial charge in [-0.2, -0.15) is 0 Å². The van der Waals surface area contributed by atoms with E-state index < -0.39 is 0 Å². The number of hydrogen-bond acceptors (Lipinski definition) is 4. The van der Waals surface area contributed by atoms with Crippen LogP contribution in [0.2, 0.25) is 0 Å². The molecule has 4 nitrogen and oxygen atoms in total. The van der Waals surface area contributed by atoms with E-state index >= 15 is 0 Å². The first-order chi connectivity index (χ1) is 9.17. The molecule has 0 saturated carbocycles. The summed E-state index contributed by atoms with van der Waals surface area (Å²) >= 11 is 3.43. The van der Waals surface area contributed by atoms with Gasteiger partial charge >= 0.3 is 5.97 Å². The molecule has 104 valence electrons. The Labute approximate surface area is 121 Å². The highest BCUT2D eigenvalue weighted by atomic mass is 79.9. The smallest absolute Gasteiger partial charge is 0.308 e. The van der Waals surface area contributed by atoms with E-state index in [9.17, 15) is 4.79 Å². The number of carbonyl (C=O) groups is 1. The quantitative estimate of drug-likeness (QED) is 0.795. The molecule has 0 bridgehead atoms. The summed E-state index contributed by atoms with van der Waals surface area (Å²) in [5.41, 5.74) is 1.27. The molecule has 0 aliphatic carbocycles. The number of rotatable bonds is 4. The Morgan fingerprint density at radius 1 is 1.47 bits per heavy atom. The molecular weight excluding hydrogens is 310 g/mol. The molecule has 1 fully saturated rings. The maximum absolute atomic E-state index is 11.3. The first-order valence-corrected chi connectivity index (χ1v) is 7.12. The van der Waals surface area contributed by atoms with Crippen molar-refractivity contribution in [2.45, 2.75) is 19.1 Å². The Kier molecular flexibility index (Phi) is 5.36. The summed E-state index contributed by atoms with van der Waals surface area (Å²) in [6.45, 7) is 3.21. The summed E-state index contributed by atoms with van der Waals surface area (Å²) in [4.78, 5) is 13.6. The first kappa shape index (κ1) is 14.5. The number of ether oxygens (including phenoxy) is 2. The second-order valence-electron chi connectivity index (χ2n) is 4.63. The van der Waals surface area contributed by atoms with Gasteiger partial charge in [-0.25, -0.2) is 0 Å². The van der Waals surface area contributed by atoms with Crippen molar-refractivity contribution >= 4 is 21.9 Å². The van der Waals surface area contributed by atoms with Gasteiger partial charge in [0.15, 0.2) is 0 Å². The summed E-state index contributed by atoms with van der Waals surface area (Å²) in [5, 5.41) is 0. The maximum atomic E-state index is 11.3. The average molecular weight is 328 g/mol. The van der Waals surface area contributed by atoms with Crippen molar-refractivity contribution in [3.05, 3.63) is 34.3 Å². The molecule has 1 heterocycles. The standard InChI is InChI=1S/C14H18BrNO3/c1-18-14(17)8-13-10-16(6-7-19-13)9-11-2-4-12(15)5-3-11/h2-5,13H,6-10H2,1H3/t13-/m0/s1. The third kappa shape index (κ3) is 4.60. The Balaban J connectivity index is 1.87. The predicted octanol–water partition coefficient (Wildman–Crippen LogP) is 2.21. The molecule has 0 N–H and O–H groups in total. The third-order valence-electron chi connectivity index (χ3n) is 3.16. The molecule has 1 aliphatic rings. The molecule has 1 aliphatic heterocycles. The number of nitrogens with zero attached hydrogens (tertiary/aromatic N) is 1. The van der Waals surface area contributed by atoms with Gasteiger partial charge in [-0.15, -0.1) is 0 Å². The number of hydrogen-bond donors (Lipinski definition) is 0. The van der Waals surface area contributed by atoms with Crippen LogP contribution >= 0.6 is 15.9 Å². The number of morpholine rings is 1. The molecule has 1 aromatic carbocycles. The van der Waals surface area contributed by atoms with Crippen LogP contribution in [0.15, 0.2) is 28.7 Å². The lowest BCUT2D eigenvalue weighted by atomic mass is 10.1. The lowest BCUT2D eigenvalue weighted by molar-refractivity contribution is -0.145. The van der Waals surface area contributed by atoms with Crippen LogP contribution < -0.4 is 0 Å². The van der Waals surface area contributed by atoms with Gasteiger partial charge < -0.3 is 9.47 Å². The zero-order valence-corrected chi connectivity index (χ0v) is 12.6. The van der Waals surface area contributed by atoms with Crippen molar-refractivity contribution < 1.29 is 14.3 Å². The summed E-state index contributed by atoms with van der Waals surface area (Å²) in [6, 6.07) is 8.30. The van der Waals surface area contributed by atoms with Gasteiger partial charge in [-0.05, 0) is 17.7 Å². The minimum Gasteiger partial charge on any atom is -0.469 e. The molecule has 0 unspecified atom stereocenters. The van der Waals surface area contributed by atoms with Gasteiger partial charge in [0.1, 0.15) is 0 Å². The Morgan fingerprint density at radius 3 is 2.89 bits per heavy atom. The molecule has 0 aromatic heterocycles. The monoisotopic (exact) mass is 327 g/mol. The van der Waals surface area contributed by atoms with E-state index in [1.807, 2.05) is 12.1 Å². The van der Waals surface area contributed by atoms with Crippen LogP contribution in [0.1, 0.15) is 12.0 Å². The molecule has 0 spiro atoms. The summed E-state index contributed by atoms with van der Waals surface area (Å²) in [5.74, 6) is -0.213. The Hall–Kier alpha value is -0.910. The second-order valence-corrected chi connectivity index (χ2v) is 5.55. The molecule has 2 rings (SSSR count). The van der Waals surface area contributed by atoms with Crippen LogP contribution in [0.25, 0.3) is 0 Å². The van der Waals surface area contributed by atoms with Gasteiger partial charge in [-0.3, -0.25) is 9.69 Å². The van der Waals surface area contributed by atoms with Crippen LogP contribution in [0.5, 0.6) is 0 Å². The van der Waals surface area contributed by atoms with Crippen molar-refractivity contribution in [2.24, 2.45) is 0 Å². The topological polar surface area (TPSA) is 38.8 Å². The van der Waals surface area contributed by atoms with Gasteiger partial charge in [0.2, 0.25) is 0 Å². The van der Waals surface area contributed by atoms with Crippen molar-refractivity contribution in [3.63, 3.8) is 0 Å². The second kappa shape index (κ2) is 7.03. The first-order valence-electron chi connectivity index (χ1n) is 6.32. The Bertz CT molecular complexity index is 421. The van der Waals surface area contributed by atoms with Gasteiger partial charge in [0.05, 0.1) is 26.2 Å². The maximum Gasteiger partial charge on any atom is 0.308 e. The zero-order valence-electron chi connectivity index (χ0n) is 11.0. The zero-order chi connectivity index (χ0) is 13.7. The number of halogens is 1. The fourth-order valence-electron chi connectivity index (χ4n) is 2.16. The third-order valence-corrected chi connectivity index (χ3v) is 3.69. The van der Waals surface area contributed by atoms with Crippen molar-refractivity contribution in [1.82, 2.24) is 4.90 Å². The fourth-order valence-corrected chi connectivity index (χ4v) is 2.43. The minimum absolute atomic E-state index is 0.0587. The van der Waals surface area contributed by atoms with E-state index in [1.54, 1.807) is 0 Å². The van der Waals surface area contributed by atoms with Crippen molar-refractivity contribution in [1.29, 1.82) is 0 Å². The van der Waals surface area contributed by atoms with E-state index in [0.717, 1.165) is 24.1 Å². The lowest BCUT2D eigenvalue weighted by Gasteiger charge is -2.32. The lowest BCUT2D eigenvalue weighted by Crippen LogP contribution is -2.42. The average Bonchev–Trinajstić information content (AvgIpc) is 2.42. The van der Waals surface area contributed by atoms with E-state index in [0.29, 0.717) is 13.0 Å². The van der Waals surface area contributed by atoms with E-state index in [-0.39, 0.29) is 12.1 Å². The highest BCUT2D eigenvalue weighted by molar-refractivity contribution is 9.10. The van der Waals surface area contributed by atoms with Crippen LogP contribution in [-0.4, -0.2) is 43.8 Å².